The summed E-state index contributed by atoms with van der Waals surface area (Å²) in [5.41, 5.74) is 0.974. The van der Waals surface area contributed by atoms with Gasteiger partial charge in [-0.05, 0) is 31.0 Å². The smallest absolute Gasteiger partial charge is 0.224 e. The van der Waals surface area contributed by atoms with Crippen LogP contribution in [0.1, 0.15) is 18.9 Å². The molecule has 0 saturated heterocycles. The number of rotatable bonds is 6. The van der Waals surface area contributed by atoms with Gasteiger partial charge >= 0.3 is 0 Å². The van der Waals surface area contributed by atoms with Gasteiger partial charge in [-0.15, -0.1) is 11.6 Å². The number of carbonyl (C=O) groups excluding carboxylic acids is 1. The van der Waals surface area contributed by atoms with E-state index in [1.54, 1.807) is 7.11 Å². The lowest BCUT2D eigenvalue weighted by atomic mass is 10.1. The van der Waals surface area contributed by atoms with Crippen LogP contribution in [0.15, 0.2) is 24.3 Å². The minimum absolute atomic E-state index is 0.0208. The number of hydrogen-bond acceptors (Lipinski definition) is 2. The topological polar surface area (TPSA) is 38.3 Å². The largest absolute Gasteiger partial charge is 0.497 e. The first-order valence-electron chi connectivity index (χ1n) is 5.65. The number of ether oxygens (including phenoxy) is 1. The van der Waals surface area contributed by atoms with Crippen LogP contribution in [-0.4, -0.2) is 24.9 Å². The molecule has 0 aliphatic carbocycles. The number of halogens is 1. The molecule has 0 radical (unpaired) electrons. The number of carbonyl (C=O) groups is 1. The van der Waals surface area contributed by atoms with E-state index in [0.29, 0.717) is 13.0 Å². The Kier molecular flexibility index (Phi) is 5.84. The molecule has 0 heterocycles. The molecule has 0 spiro atoms. The highest BCUT2D eigenvalue weighted by atomic mass is 35.5. The minimum Gasteiger partial charge on any atom is -0.497 e. The normalized spacial score (nSPS) is 11.9. The zero-order valence-electron chi connectivity index (χ0n) is 10.2. The highest BCUT2D eigenvalue weighted by molar-refractivity contribution is 6.20. The van der Waals surface area contributed by atoms with Crippen molar-refractivity contribution in [2.75, 3.05) is 13.7 Å². The third-order valence-corrected chi connectivity index (χ3v) is 2.61. The first-order valence-corrected chi connectivity index (χ1v) is 6.09. The molecular formula is C13H18ClNO2. The van der Waals surface area contributed by atoms with E-state index in [0.717, 1.165) is 17.7 Å². The van der Waals surface area contributed by atoms with Crippen molar-refractivity contribution in [1.29, 1.82) is 0 Å². The van der Waals surface area contributed by atoms with Gasteiger partial charge in [-0.2, -0.15) is 0 Å². The second-order valence-electron chi connectivity index (χ2n) is 3.94. The lowest BCUT2D eigenvalue weighted by Crippen LogP contribution is -2.27. The summed E-state index contributed by atoms with van der Waals surface area (Å²) < 4.78 is 5.05. The van der Waals surface area contributed by atoms with Gasteiger partial charge in [0.2, 0.25) is 5.91 Å². The summed E-state index contributed by atoms with van der Waals surface area (Å²) in [7, 11) is 1.62. The highest BCUT2D eigenvalue weighted by Gasteiger charge is 2.04. The monoisotopic (exact) mass is 255 g/mol. The summed E-state index contributed by atoms with van der Waals surface area (Å²) in [5, 5.41) is 2.93. The van der Waals surface area contributed by atoms with E-state index in [2.05, 4.69) is 5.32 Å². The van der Waals surface area contributed by atoms with E-state index < -0.39 is 0 Å². The Morgan fingerprint density at radius 2 is 2.06 bits per heavy atom. The van der Waals surface area contributed by atoms with Crippen molar-refractivity contribution in [2.45, 2.75) is 25.1 Å². The van der Waals surface area contributed by atoms with E-state index in [1.807, 2.05) is 31.2 Å². The molecule has 1 aromatic carbocycles. The van der Waals surface area contributed by atoms with Crippen LogP contribution in [-0.2, 0) is 11.2 Å². The Morgan fingerprint density at radius 1 is 1.41 bits per heavy atom. The molecule has 1 amide bonds. The van der Waals surface area contributed by atoms with Gasteiger partial charge in [0.15, 0.2) is 0 Å². The minimum atomic E-state index is 0.0208. The maximum atomic E-state index is 11.6. The Labute approximate surface area is 107 Å². The molecule has 0 saturated carbocycles. The number of methoxy groups -OCH3 is 1. The number of alkyl halides is 1. The van der Waals surface area contributed by atoms with Crippen molar-refractivity contribution in [3.8, 4) is 5.75 Å². The predicted molar refractivity (Wildman–Crippen MR) is 69.6 cm³/mol. The van der Waals surface area contributed by atoms with Crippen molar-refractivity contribution < 1.29 is 9.53 Å². The molecule has 3 nitrogen and oxygen atoms in total. The van der Waals surface area contributed by atoms with Crippen molar-refractivity contribution in [2.24, 2.45) is 0 Å². The summed E-state index contributed by atoms with van der Waals surface area (Å²) in [4.78, 5) is 11.6. The van der Waals surface area contributed by atoms with Crippen LogP contribution in [0.2, 0.25) is 0 Å². The molecule has 1 rings (SSSR count). The molecule has 1 unspecified atom stereocenters. The van der Waals surface area contributed by atoms with Crippen molar-refractivity contribution in [1.82, 2.24) is 5.32 Å². The standard InChI is InChI=1S/C13H18ClNO2/c1-10(14)7-8-15-13(16)9-11-3-5-12(17-2)6-4-11/h3-6,10H,7-9H2,1-2H3,(H,15,16). The van der Waals surface area contributed by atoms with Gasteiger partial charge < -0.3 is 10.1 Å². The van der Waals surface area contributed by atoms with E-state index in [-0.39, 0.29) is 11.3 Å². The molecule has 94 valence electrons. The van der Waals surface area contributed by atoms with Crippen molar-refractivity contribution >= 4 is 17.5 Å². The van der Waals surface area contributed by atoms with E-state index in [9.17, 15) is 4.79 Å². The zero-order chi connectivity index (χ0) is 12.7. The fourth-order valence-electron chi connectivity index (χ4n) is 1.40. The lowest BCUT2D eigenvalue weighted by molar-refractivity contribution is -0.120. The molecule has 0 aliphatic heterocycles. The van der Waals surface area contributed by atoms with Gasteiger partial charge in [0.1, 0.15) is 5.75 Å². The molecule has 1 aromatic rings. The first-order chi connectivity index (χ1) is 8.11. The van der Waals surface area contributed by atoms with E-state index in [1.165, 1.54) is 0 Å². The van der Waals surface area contributed by atoms with Crippen molar-refractivity contribution in [3.63, 3.8) is 0 Å². The Bertz CT molecular complexity index is 349. The van der Waals surface area contributed by atoms with Crippen LogP contribution in [0.5, 0.6) is 5.75 Å². The van der Waals surface area contributed by atoms with Gasteiger partial charge in [-0.25, -0.2) is 0 Å². The average Bonchev–Trinajstić information content (AvgIpc) is 2.29. The average molecular weight is 256 g/mol. The predicted octanol–water partition coefficient (Wildman–Crippen LogP) is 2.37. The van der Waals surface area contributed by atoms with Crippen LogP contribution in [0.3, 0.4) is 0 Å². The molecular weight excluding hydrogens is 238 g/mol. The zero-order valence-corrected chi connectivity index (χ0v) is 11.0. The summed E-state index contributed by atoms with van der Waals surface area (Å²) in [6.45, 7) is 2.54. The van der Waals surface area contributed by atoms with E-state index >= 15 is 0 Å². The quantitative estimate of drug-likeness (QED) is 0.793. The highest BCUT2D eigenvalue weighted by Crippen LogP contribution is 2.11. The van der Waals surface area contributed by atoms with Gasteiger partial charge in [0.25, 0.3) is 0 Å². The number of benzene rings is 1. The van der Waals surface area contributed by atoms with Gasteiger partial charge in [-0.1, -0.05) is 12.1 Å². The Morgan fingerprint density at radius 3 is 2.59 bits per heavy atom. The SMILES string of the molecule is COc1ccc(CC(=O)NCCC(C)Cl)cc1. The number of hydrogen-bond donors (Lipinski definition) is 1. The third kappa shape index (κ3) is 5.59. The second-order valence-corrected chi connectivity index (χ2v) is 4.69. The van der Waals surface area contributed by atoms with Crippen molar-refractivity contribution in [3.05, 3.63) is 29.8 Å². The van der Waals surface area contributed by atoms with Gasteiger partial charge in [-0.3, -0.25) is 4.79 Å². The fraction of sp³-hybridized carbons (Fsp3) is 0.462. The lowest BCUT2D eigenvalue weighted by Gasteiger charge is -2.06. The Balaban J connectivity index is 2.34. The summed E-state index contributed by atoms with van der Waals surface area (Å²) in [6.07, 6.45) is 1.18. The molecule has 1 atom stereocenters. The van der Waals surface area contributed by atoms with Crippen LogP contribution in [0, 0.1) is 0 Å². The second kappa shape index (κ2) is 7.17. The third-order valence-electron chi connectivity index (χ3n) is 2.39. The molecule has 0 aliphatic rings. The maximum Gasteiger partial charge on any atom is 0.224 e. The Hall–Kier alpha value is -1.22. The van der Waals surface area contributed by atoms with Crippen LogP contribution in [0.25, 0.3) is 0 Å². The first kappa shape index (κ1) is 13.8. The van der Waals surface area contributed by atoms with Crippen LogP contribution < -0.4 is 10.1 Å². The number of amides is 1. The molecule has 4 heteroatoms. The van der Waals surface area contributed by atoms with E-state index in [4.69, 9.17) is 16.3 Å². The summed E-state index contributed by atoms with van der Waals surface area (Å²) >= 11 is 5.79. The van der Waals surface area contributed by atoms with Gasteiger partial charge in [0.05, 0.1) is 13.5 Å². The fourth-order valence-corrected chi connectivity index (χ4v) is 1.51. The molecule has 1 N–H and O–H groups in total. The summed E-state index contributed by atoms with van der Waals surface area (Å²) in [5.74, 6) is 0.817. The molecule has 17 heavy (non-hydrogen) atoms. The summed E-state index contributed by atoms with van der Waals surface area (Å²) in [6, 6.07) is 7.48. The van der Waals surface area contributed by atoms with Crippen LogP contribution in [0.4, 0.5) is 0 Å². The number of nitrogens with one attached hydrogen (secondary N) is 1. The molecule has 0 fully saturated rings. The molecule has 0 bridgehead atoms. The van der Waals surface area contributed by atoms with Crippen LogP contribution >= 0.6 is 11.6 Å². The maximum absolute atomic E-state index is 11.6. The van der Waals surface area contributed by atoms with Gasteiger partial charge in [0, 0.05) is 11.9 Å². The molecule has 0 aromatic heterocycles.